The number of carbonyl (C=O) groups is 1. The molecule has 1 aliphatic rings. The predicted molar refractivity (Wildman–Crippen MR) is 175 cm³/mol. The Labute approximate surface area is 271 Å². The number of methoxy groups -OCH3 is 2. The number of ether oxygens (including phenoxy) is 4. The largest absolute Gasteiger partial charge is 0.497 e. The maximum absolute atomic E-state index is 12.8. The monoisotopic (exact) mass is 642 g/mol. The van der Waals surface area contributed by atoms with Crippen LogP contribution in [0.5, 0.6) is 11.5 Å². The number of rotatable bonds is 13. The zero-order valence-electron chi connectivity index (χ0n) is 26.1. The number of aromatic nitrogens is 2. The van der Waals surface area contributed by atoms with E-state index in [0.29, 0.717) is 11.5 Å². The molecule has 1 aliphatic heterocycles. The van der Waals surface area contributed by atoms with E-state index in [9.17, 15) is 19.5 Å². The normalized spacial score (nSPS) is 17.9. The van der Waals surface area contributed by atoms with Crippen LogP contribution in [0.15, 0.2) is 101 Å². The molecule has 2 heterocycles. The molecule has 1 saturated heterocycles. The number of nitrogens with one attached hydrogen (secondary N) is 2. The summed E-state index contributed by atoms with van der Waals surface area (Å²) in [7, 11) is 3.20. The van der Waals surface area contributed by atoms with Gasteiger partial charge in [0.1, 0.15) is 29.4 Å². The lowest BCUT2D eigenvalue weighted by Crippen LogP contribution is -2.38. The second kappa shape index (κ2) is 15.1. The maximum Gasteiger partial charge on any atom is 0.330 e. The van der Waals surface area contributed by atoms with Gasteiger partial charge in [0, 0.05) is 31.8 Å². The van der Waals surface area contributed by atoms with E-state index in [1.165, 1.54) is 22.9 Å². The van der Waals surface area contributed by atoms with Crippen molar-refractivity contribution < 1.29 is 28.8 Å². The van der Waals surface area contributed by atoms with Crippen LogP contribution in [0.4, 0.5) is 0 Å². The summed E-state index contributed by atoms with van der Waals surface area (Å²) in [6.07, 6.45) is 1.09. The van der Waals surface area contributed by atoms with Gasteiger partial charge < -0.3 is 35.1 Å². The van der Waals surface area contributed by atoms with Crippen molar-refractivity contribution in [1.29, 1.82) is 0 Å². The fourth-order valence-electron chi connectivity index (χ4n) is 5.57. The average molecular weight is 643 g/mol. The minimum absolute atomic E-state index is 0.0587. The molecule has 12 heteroatoms. The Morgan fingerprint density at radius 2 is 1.60 bits per heavy atom. The maximum atomic E-state index is 12.8. The lowest BCUT2D eigenvalue weighted by atomic mass is 9.80. The molecule has 0 unspecified atom stereocenters. The number of carbonyl (C=O) groups excluding carboxylic acids is 1. The van der Waals surface area contributed by atoms with Crippen molar-refractivity contribution in [3.63, 3.8) is 0 Å². The molecular weight excluding hydrogens is 604 g/mol. The summed E-state index contributed by atoms with van der Waals surface area (Å²) in [5.41, 5.74) is 5.40. The molecular formula is C35H38N4O8. The molecule has 5 N–H and O–H groups in total. The van der Waals surface area contributed by atoms with E-state index in [4.69, 9.17) is 24.7 Å². The number of H-pyrrole nitrogens is 1. The number of benzene rings is 3. The molecule has 47 heavy (non-hydrogen) atoms. The summed E-state index contributed by atoms with van der Waals surface area (Å²) >= 11 is 0. The van der Waals surface area contributed by atoms with Gasteiger partial charge >= 0.3 is 5.69 Å². The summed E-state index contributed by atoms with van der Waals surface area (Å²) < 4.78 is 25.1. The molecule has 3 aromatic carbocycles. The second-order valence-corrected chi connectivity index (χ2v) is 10.9. The number of aliphatic hydroxyl groups is 1. The minimum atomic E-state index is -1.14. The van der Waals surface area contributed by atoms with Gasteiger partial charge in [-0.1, -0.05) is 54.6 Å². The van der Waals surface area contributed by atoms with Crippen LogP contribution in [0.3, 0.4) is 0 Å². The highest BCUT2D eigenvalue weighted by Crippen LogP contribution is 2.42. The number of hydrogen-bond donors (Lipinski definition) is 4. The van der Waals surface area contributed by atoms with Crippen LogP contribution in [0.25, 0.3) is 6.08 Å². The first-order chi connectivity index (χ1) is 22.8. The van der Waals surface area contributed by atoms with Gasteiger partial charge in [-0.05, 0) is 47.0 Å². The van der Waals surface area contributed by atoms with Gasteiger partial charge in [0.05, 0.1) is 32.5 Å². The third-order valence-corrected chi connectivity index (χ3v) is 8.01. The van der Waals surface area contributed by atoms with Gasteiger partial charge in [-0.15, -0.1) is 0 Å². The second-order valence-electron chi connectivity index (χ2n) is 10.9. The summed E-state index contributed by atoms with van der Waals surface area (Å²) in [5, 5.41) is 13.7. The molecule has 5 rings (SSSR count). The Kier molecular flexibility index (Phi) is 10.7. The third-order valence-electron chi connectivity index (χ3n) is 8.01. The fraction of sp³-hybridized carbons (Fsp3) is 0.286. The van der Waals surface area contributed by atoms with E-state index in [1.54, 1.807) is 14.2 Å². The Balaban J connectivity index is 1.46. The van der Waals surface area contributed by atoms with Gasteiger partial charge in [-0.2, -0.15) is 0 Å². The van der Waals surface area contributed by atoms with Crippen LogP contribution in [0.1, 0.15) is 34.9 Å². The number of nitrogens with two attached hydrogens (primary N) is 1. The van der Waals surface area contributed by atoms with Crippen LogP contribution >= 0.6 is 0 Å². The van der Waals surface area contributed by atoms with Crippen molar-refractivity contribution in [2.75, 3.05) is 33.9 Å². The highest BCUT2D eigenvalue weighted by atomic mass is 16.6. The number of aliphatic hydroxyl groups excluding tert-OH is 1. The van der Waals surface area contributed by atoms with Crippen molar-refractivity contribution in [2.45, 2.75) is 30.5 Å². The molecule has 0 aliphatic carbocycles. The molecule has 1 fully saturated rings. The Hall–Kier alpha value is -5.01. The number of nitrogens with zero attached hydrogens (tertiary/aromatic N) is 1. The van der Waals surface area contributed by atoms with Crippen molar-refractivity contribution in [2.24, 2.45) is 5.73 Å². The zero-order valence-corrected chi connectivity index (χ0v) is 26.1. The van der Waals surface area contributed by atoms with E-state index < -0.39 is 41.2 Å². The number of aromatic amines is 1. The molecule has 3 atom stereocenters. The summed E-state index contributed by atoms with van der Waals surface area (Å²) in [6, 6.07) is 24.8. The molecule has 1 amide bonds. The van der Waals surface area contributed by atoms with Gasteiger partial charge in [0.2, 0.25) is 5.91 Å². The fourth-order valence-corrected chi connectivity index (χ4v) is 5.57. The standard InChI is InChI=1S/C35H38N4O8/c1-44-27-13-9-25(10-14-27)35(24-6-4-3-5-7-24,26-11-15-28(45-2)16-12-26)46-22-30-29(40)20-32(47-30)39-21-23(33(42)38-34(39)43)8-17-31(41)37-19-18-36/h3-17,21,29-30,32,40H,18-20,22,36H2,1-2H3,(H,37,41)(H,38,42,43)/b17-8+/t29-,30+,32+/m0/s1. The highest BCUT2D eigenvalue weighted by molar-refractivity contribution is 5.91. The highest BCUT2D eigenvalue weighted by Gasteiger charge is 2.42. The average Bonchev–Trinajstić information content (AvgIpc) is 3.47. The van der Waals surface area contributed by atoms with Crippen molar-refractivity contribution >= 4 is 12.0 Å². The summed E-state index contributed by atoms with van der Waals surface area (Å²) in [5.74, 6) is 0.923. The molecule has 4 aromatic rings. The van der Waals surface area contributed by atoms with E-state index in [-0.39, 0.29) is 31.7 Å². The van der Waals surface area contributed by atoms with Crippen molar-refractivity contribution in [1.82, 2.24) is 14.9 Å². The van der Waals surface area contributed by atoms with E-state index in [2.05, 4.69) is 10.3 Å². The molecule has 0 bridgehead atoms. The van der Waals surface area contributed by atoms with Gasteiger partial charge in [-0.3, -0.25) is 19.1 Å². The summed E-state index contributed by atoms with van der Waals surface area (Å²) in [6.45, 7) is 0.486. The number of hydrogen-bond acceptors (Lipinski definition) is 9. The molecule has 12 nitrogen and oxygen atoms in total. The van der Waals surface area contributed by atoms with E-state index in [0.717, 1.165) is 16.7 Å². The molecule has 0 saturated carbocycles. The van der Waals surface area contributed by atoms with E-state index >= 15 is 0 Å². The lowest BCUT2D eigenvalue weighted by Gasteiger charge is -2.37. The lowest BCUT2D eigenvalue weighted by molar-refractivity contribution is -0.116. The Bertz CT molecular complexity index is 1740. The van der Waals surface area contributed by atoms with Crippen LogP contribution < -0.4 is 31.8 Å². The molecule has 246 valence electrons. The first-order valence-corrected chi connectivity index (χ1v) is 15.1. The van der Waals surface area contributed by atoms with Crippen LogP contribution in [-0.2, 0) is 19.9 Å². The van der Waals surface area contributed by atoms with E-state index in [1.807, 2.05) is 78.9 Å². The summed E-state index contributed by atoms with van der Waals surface area (Å²) in [4.78, 5) is 39.5. The smallest absolute Gasteiger partial charge is 0.330 e. The molecule has 1 aromatic heterocycles. The number of amides is 1. The quantitative estimate of drug-likeness (QED) is 0.126. The zero-order chi connectivity index (χ0) is 33.4. The minimum Gasteiger partial charge on any atom is -0.497 e. The topological polar surface area (TPSA) is 167 Å². The Morgan fingerprint density at radius 3 is 2.17 bits per heavy atom. The molecule has 0 spiro atoms. The van der Waals surface area contributed by atoms with Crippen LogP contribution in [0, 0.1) is 0 Å². The predicted octanol–water partition coefficient (Wildman–Crippen LogP) is 2.30. The first-order valence-electron chi connectivity index (χ1n) is 15.1. The SMILES string of the molecule is COc1ccc(C(OC[C@H]2O[C@@H](n3cc(/C=C/C(=O)NCCN)c(=O)[nH]c3=O)C[C@@H]2O)(c2ccccc2)c2ccc(OC)cc2)cc1. The van der Waals surface area contributed by atoms with Crippen LogP contribution in [-0.4, -0.2) is 66.7 Å². The first kappa shape index (κ1) is 33.4. The van der Waals surface area contributed by atoms with Crippen molar-refractivity contribution in [3.8, 4) is 11.5 Å². The van der Waals surface area contributed by atoms with Gasteiger partial charge in [0.25, 0.3) is 5.56 Å². The van der Waals surface area contributed by atoms with Gasteiger partial charge in [-0.25, -0.2) is 4.79 Å². The van der Waals surface area contributed by atoms with Crippen LogP contribution in [0.2, 0.25) is 0 Å². The third kappa shape index (κ3) is 7.36. The molecule has 0 radical (unpaired) electrons. The Morgan fingerprint density at radius 1 is 1.00 bits per heavy atom. The van der Waals surface area contributed by atoms with Crippen molar-refractivity contribution in [3.05, 3.63) is 134 Å². The van der Waals surface area contributed by atoms with Gasteiger partial charge in [0.15, 0.2) is 0 Å².